The molecule has 0 aliphatic rings. The van der Waals surface area contributed by atoms with Crippen LogP contribution in [0.2, 0.25) is 0 Å². The molecule has 0 N–H and O–H groups in total. The Hall–Kier alpha value is -1.92. The molecule has 0 amide bonds. The maximum Gasteiger partial charge on any atom is 0.320 e. The van der Waals surface area contributed by atoms with Gasteiger partial charge in [-0.15, -0.1) is 0 Å². The summed E-state index contributed by atoms with van der Waals surface area (Å²) >= 11 is 0. The lowest BCUT2D eigenvalue weighted by atomic mass is 10.0. The summed E-state index contributed by atoms with van der Waals surface area (Å²) < 4.78 is 9.56. The van der Waals surface area contributed by atoms with Crippen molar-refractivity contribution in [3.05, 3.63) is 21.8 Å². The normalized spacial score (nSPS) is 11.3. The van der Waals surface area contributed by atoms with Crippen molar-refractivity contribution in [2.45, 2.75) is 27.2 Å². The fourth-order valence-electron chi connectivity index (χ4n) is 1.36. The van der Waals surface area contributed by atoms with E-state index in [4.69, 9.17) is 9.47 Å². The molecule has 0 radical (unpaired) electrons. The predicted molar refractivity (Wildman–Crippen MR) is 67.0 cm³/mol. The SMILES string of the molecule is CCOC(=O)C(CC=C(C)C[N+](=O)[O-])C(=O)OCC. The van der Waals surface area contributed by atoms with Gasteiger partial charge in [-0.05, 0) is 32.8 Å². The third kappa shape index (κ3) is 7.17. The Kier molecular flexibility index (Phi) is 8.15. The lowest BCUT2D eigenvalue weighted by molar-refractivity contribution is -0.470. The summed E-state index contributed by atoms with van der Waals surface area (Å²) in [7, 11) is 0. The van der Waals surface area contributed by atoms with E-state index in [2.05, 4.69) is 0 Å². The summed E-state index contributed by atoms with van der Waals surface area (Å²) in [6, 6.07) is 0. The van der Waals surface area contributed by atoms with E-state index in [-0.39, 0.29) is 26.2 Å². The number of allylic oxidation sites excluding steroid dienone is 1. The highest BCUT2D eigenvalue weighted by molar-refractivity contribution is 5.95. The molecule has 0 bridgehead atoms. The molecule has 0 saturated carbocycles. The standard InChI is InChI=1S/C12H19NO6/c1-4-18-11(14)10(12(15)19-5-2)7-6-9(3)8-13(16)17/h6,10H,4-5,7-8H2,1-3H3. The van der Waals surface area contributed by atoms with Gasteiger partial charge in [0.2, 0.25) is 6.54 Å². The molecular weight excluding hydrogens is 254 g/mol. The van der Waals surface area contributed by atoms with E-state index in [0.717, 1.165) is 0 Å². The fourth-order valence-corrected chi connectivity index (χ4v) is 1.36. The zero-order chi connectivity index (χ0) is 14.8. The van der Waals surface area contributed by atoms with Crippen molar-refractivity contribution < 1.29 is 24.0 Å². The van der Waals surface area contributed by atoms with E-state index in [1.807, 2.05) is 0 Å². The molecule has 0 aromatic carbocycles. The average molecular weight is 273 g/mol. The Morgan fingerprint density at radius 3 is 2.05 bits per heavy atom. The number of rotatable bonds is 8. The van der Waals surface area contributed by atoms with Crippen molar-refractivity contribution in [1.29, 1.82) is 0 Å². The van der Waals surface area contributed by atoms with Crippen LogP contribution in [0.4, 0.5) is 0 Å². The van der Waals surface area contributed by atoms with Gasteiger partial charge in [0.15, 0.2) is 5.92 Å². The number of hydrogen-bond acceptors (Lipinski definition) is 6. The smallest absolute Gasteiger partial charge is 0.320 e. The van der Waals surface area contributed by atoms with Crippen LogP contribution in [0.5, 0.6) is 0 Å². The Bertz CT molecular complexity index is 345. The maximum absolute atomic E-state index is 11.6. The molecule has 0 aromatic rings. The number of nitrogens with zero attached hydrogens (tertiary/aromatic N) is 1. The molecule has 7 nitrogen and oxygen atoms in total. The zero-order valence-corrected chi connectivity index (χ0v) is 11.4. The summed E-state index contributed by atoms with van der Waals surface area (Å²) in [5.41, 5.74) is 0.476. The van der Waals surface area contributed by atoms with Crippen molar-refractivity contribution in [3.63, 3.8) is 0 Å². The summed E-state index contributed by atoms with van der Waals surface area (Å²) in [6.45, 7) is 4.83. The number of nitro groups is 1. The quantitative estimate of drug-likeness (QED) is 0.218. The maximum atomic E-state index is 11.6. The summed E-state index contributed by atoms with van der Waals surface area (Å²) in [5, 5.41) is 10.3. The number of carbonyl (C=O) groups is 2. The molecule has 0 heterocycles. The first-order chi connectivity index (χ1) is 8.92. The highest BCUT2D eigenvalue weighted by Gasteiger charge is 2.28. The number of hydrogen-bond donors (Lipinski definition) is 0. The van der Waals surface area contributed by atoms with Crippen LogP contribution in [0.15, 0.2) is 11.6 Å². The largest absolute Gasteiger partial charge is 0.465 e. The molecule has 7 heteroatoms. The van der Waals surface area contributed by atoms with Crippen LogP contribution in [0, 0.1) is 16.0 Å². The molecule has 0 rings (SSSR count). The Morgan fingerprint density at radius 1 is 1.21 bits per heavy atom. The molecule has 0 atom stereocenters. The summed E-state index contributed by atoms with van der Waals surface area (Å²) in [5.74, 6) is -2.42. The second-order valence-corrected chi connectivity index (χ2v) is 3.83. The predicted octanol–water partition coefficient (Wildman–Crippen LogP) is 1.34. The monoisotopic (exact) mass is 273 g/mol. The zero-order valence-electron chi connectivity index (χ0n) is 11.4. The van der Waals surface area contributed by atoms with Crippen molar-refractivity contribution in [3.8, 4) is 0 Å². The van der Waals surface area contributed by atoms with Crippen molar-refractivity contribution in [2.24, 2.45) is 5.92 Å². The molecule has 0 spiro atoms. The minimum Gasteiger partial charge on any atom is -0.465 e. The molecule has 0 aliphatic carbocycles. The first kappa shape index (κ1) is 17.1. The third-order valence-electron chi connectivity index (χ3n) is 2.22. The Balaban J connectivity index is 4.71. The third-order valence-corrected chi connectivity index (χ3v) is 2.22. The number of esters is 2. The molecule has 0 aromatic heterocycles. The molecule has 0 fully saturated rings. The fraction of sp³-hybridized carbons (Fsp3) is 0.667. The average Bonchev–Trinajstić information content (AvgIpc) is 2.28. The first-order valence-corrected chi connectivity index (χ1v) is 6.03. The summed E-state index contributed by atoms with van der Waals surface area (Å²) in [6.07, 6.45) is 1.53. The molecule has 19 heavy (non-hydrogen) atoms. The minimum absolute atomic E-state index is 0.0390. The van der Waals surface area contributed by atoms with Crippen LogP contribution >= 0.6 is 0 Å². The Morgan fingerprint density at radius 2 is 1.68 bits per heavy atom. The van der Waals surface area contributed by atoms with E-state index >= 15 is 0 Å². The van der Waals surface area contributed by atoms with E-state index in [1.165, 1.54) is 6.08 Å². The molecule has 0 saturated heterocycles. The molecular formula is C12H19NO6. The van der Waals surface area contributed by atoms with Crippen LogP contribution in [0.3, 0.4) is 0 Å². The van der Waals surface area contributed by atoms with E-state index in [1.54, 1.807) is 20.8 Å². The van der Waals surface area contributed by atoms with Crippen molar-refractivity contribution in [2.75, 3.05) is 19.8 Å². The highest BCUT2D eigenvalue weighted by atomic mass is 16.6. The lowest BCUT2D eigenvalue weighted by Gasteiger charge is -2.12. The van der Waals surface area contributed by atoms with Crippen LogP contribution in [-0.4, -0.2) is 36.6 Å². The lowest BCUT2D eigenvalue weighted by Crippen LogP contribution is -2.27. The van der Waals surface area contributed by atoms with Gasteiger partial charge in [0.05, 0.1) is 13.2 Å². The van der Waals surface area contributed by atoms with Crippen molar-refractivity contribution in [1.82, 2.24) is 0 Å². The summed E-state index contributed by atoms with van der Waals surface area (Å²) in [4.78, 5) is 33.0. The topological polar surface area (TPSA) is 95.7 Å². The van der Waals surface area contributed by atoms with E-state index in [9.17, 15) is 19.7 Å². The van der Waals surface area contributed by atoms with Gasteiger partial charge in [0.25, 0.3) is 0 Å². The van der Waals surface area contributed by atoms with Crippen LogP contribution < -0.4 is 0 Å². The molecule has 108 valence electrons. The van der Waals surface area contributed by atoms with Crippen LogP contribution in [0.1, 0.15) is 27.2 Å². The van der Waals surface area contributed by atoms with Crippen molar-refractivity contribution >= 4 is 11.9 Å². The van der Waals surface area contributed by atoms with Crippen LogP contribution in [-0.2, 0) is 19.1 Å². The van der Waals surface area contributed by atoms with Gasteiger partial charge in [0, 0.05) is 4.92 Å². The second-order valence-electron chi connectivity index (χ2n) is 3.83. The molecule has 0 unspecified atom stereocenters. The van der Waals surface area contributed by atoms with Gasteiger partial charge in [-0.3, -0.25) is 19.7 Å². The number of ether oxygens (including phenoxy) is 2. The minimum atomic E-state index is -1.07. The van der Waals surface area contributed by atoms with E-state index in [0.29, 0.717) is 5.57 Å². The number of carbonyl (C=O) groups excluding carboxylic acids is 2. The van der Waals surface area contributed by atoms with Gasteiger partial charge in [-0.2, -0.15) is 0 Å². The molecule has 0 aliphatic heterocycles. The van der Waals surface area contributed by atoms with Gasteiger partial charge < -0.3 is 9.47 Å². The van der Waals surface area contributed by atoms with Gasteiger partial charge in [-0.25, -0.2) is 0 Å². The van der Waals surface area contributed by atoms with Crippen LogP contribution in [0.25, 0.3) is 0 Å². The van der Waals surface area contributed by atoms with E-state index < -0.39 is 22.8 Å². The van der Waals surface area contributed by atoms with Gasteiger partial charge in [0.1, 0.15) is 0 Å². The first-order valence-electron chi connectivity index (χ1n) is 6.03. The highest BCUT2D eigenvalue weighted by Crippen LogP contribution is 2.12. The Labute approximate surface area is 111 Å². The van der Waals surface area contributed by atoms with Gasteiger partial charge in [-0.1, -0.05) is 6.08 Å². The second kappa shape index (κ2) is 9.07. The van der Waals surface area contributed by atoms with Gasteiger partial charge >= 0.3 is 11.9 Å².